The van der Waals surface area contributed by atoms with Crippen LogP contribution >= 0.6 is 0 Å². The van der Waals surface area contributed by atoms with Crippen LogP contribution in [0.15, 0.2) is 0 Å². The Morgan fingerprint density at radius 2 is 2.00 bits per heavy atom. The monoisotopic (exact) mass is 141 g/mol. The number of epoxide rings is 1. The van der Waals surface area contributed by atoms with Gasteiger partial charge in [0.05, 0.1) is 12.2 Å². The molecule has 1 spiro atoms. The van der Waals surface area contributed by atoms with Gasteiger partial charge < -0.3 is 9.64 Å². The molecule has 0 unspecified atom stereocenters. The lowest BCUT2D eigenvalue weighted by atomic mass is 9.98. The van der Waals surface area contributed by atoms with Crippen molar-refractivity contribution in [3.05, 3.63) is 0 Å². The molecule has 0 atom stereocenters. The fraction of sp³-hybridized carbons (Fsp3) is 0.857. The molecule has 2 aliphatic heterocycles. The van der Waals surface area contributed by atoms with Gasteiger partial charge in [0.25, 0.3) is 0 Å². The molecule has 56 valence electrons. The lowest BCUT2D eigenvalue weighted by Gasteiger charge is -2.26. The molecule has 3 nitrogen and oxygen atoms in total. The Labute approximate surface area is 60.0 Å². The topological polar surface area (TPSA) is 32.8 Å². The van der Waals surface area contributed by atoms with Gasteiger partial charge in [-0.05, 0) is 12.8 Å². The lowest BCUT2D eigenvalue weighted by molar-refractivity contribution is -0.119. The van der Waals surface area contributed by atoms with Gasteiger partial charge in [-0.3, -0.25) is 4.79 Å². The minimum absolute atomic E-state index is 0.208. The van der Waals surface area contributed by atoms with E-state index in [0.29, 0.717) is 0 Å². The van der Waals surface area contributed by atoms with Gasteiger partial charge in [-0.15, -0.1) is 0 Å². The number of ether oxygens (including phenoxy) is 1. The highest BCUT2D eigenvalue weighted by Gasteiger charge is 2.46. The van der Waals surface area contributed by atoms with Gasteiger partial charge in [0.2, 0.25) is 6.41 Å². The van der Waals surface area contributed by atoms with Crippen molar-refractivity contribution in [2.75, 3.05) is 19.7 Å². The average Bonchev–Trinajstić information content (AvgIpc) is 2.72. The van der Waals surface area contributed by atoms with Crippen molar-refractivity contribution in [1.29, 1.82) is 0 Å². The molecule has 0 bridgehead atoms. The van der Waals surface area contributed by atoms with Crippen LogP contribution in [-0.4, -0.2) is 36.6 Å². The number of likely N-dealkylation sites (tertiary alicyclic amines) is 1. The maximum absolute atomic E-state index is 10.3. The SMILES string of the molecule is O=CN1CCC2(CC1)CO2. The number of amides is 1. The highest BCUT2D eigenvalue weighted by molar-refractivity contribution is 5.47. The summed E-state index contributed by atoms with van der Waals surface area (Å²) in [6.07, 6.45) is 2.99. The first-order chi connectivity index (χ1) is 4.85. The van der Waals surface area contributed by atoms with Gasteiger partial charge in [-0.1, -0.05) is 0 Å². The zero-order chi connectivity index (χ0) is 7.03. The van der Waals surface area contributed by atoms with Crippen LogP contribution in [0.5, 0.6) is 0 Å². The minimum atomic E-state index is 0.208. The molecule has 0 N–H and O–H groups in total. The molecule has 2 aliphatic rings. The first kappa shape index (κ1) is 6.16. The highest BCUT2D eigenvalue weighted by Crippen LogP contribution is 2.37. The molecule has 2 heterocycles. The summed E-state index contributed by atoms with van der Waals surface area (Å²) >= 11 is 0. The molecule has 0 radical (unpaired) electrons. The van der Waals surface area contributed by atoms with Crippen molar-refractivity contribution in [2.24, 2.45) is 0 Å². The summed E-state index contributed by atoms with van der Waals surface area (Å²) in [6.45, 7) is 2.67. The molecule has 2 fully saturated rings. The maximum Gasteiger partial charge on any atom is 0.209 e. The normalized spacial score (nSPS) is 28.6. The quantitative estimate of drug-likeness (QED) is 0.380. The summed E-state index contributed by atoms with van der Waals surface area (Å²) in [7, 11) is 0. The van der Waals surface area contributed by atoms with Gasteiger partial charge >= 0.3 is 0 Å². The Morgan fingerprint density at radius 1 is 1.40 bits per heavy atom. The van der Waals surface area contributed by atoms with Gasteiger partial charge in [0, 0.05) is 13.1 Å². The number of piperidine rings is 1. The molecule has 10 heavy (non-hydrogen) atoms. The third-order valence-corrected chi connectivity index (χ3v) is 2.41. The van der Waals surface area contributed by atoms with Crippen LogP contribution < -0.4 is 0 Å². The van der Waals surface area contributed by atoms with E-state index in [9.17, 15) is 4.79 Å². The van der Waals surface area contributed by atoms with E-state index in [1.165, 1.54) is 0 Å². The number of carbonyl (C=O) groups excluding carboxylic acids is 1. The second kappa shape index (κ2) is 1.95. The summed E-state index contributed by atoms with van der Waals surface area (Å²) in [5.41, 5.74) is 0.208. The smallest absolute Gasteiger partial charge is 0.209 e. The Bertz CT molecular complexity index is 144. The molecule has 1 amide bonds. The predicted octanol–water partition coefficient (Wildman–Crippen LogP) is 0.00760. The minimum Gasteiger partial charge on any atom is -0.369 e. The van der Waals surface area contributed by atoms with E-state index < -0.39 is 0 Å². The molecule has 0 aromatic rings. The van der Waals surface area contributed by atoms with E-state index >= 15 is 0 Å². The van der Waals surface area contributed by atoms with E-state index in [1.807, 2.05) is 4.90 Å². The van der Waals surface area contributed by atoms with Crippen molar-refractivity contribution in [3.63, 3.8) is 0 Å². The van der Waals surface area contributed by atoms with Crippen LogP contribution in [0, 0.1) is 0 Å². The first-order valence-corrected chi connectivity index (χ1v) is 3.68. The Hall–Kier alpha value is -0.570. The molecule has 0 saturated carbocycles. The molecule has 2 rings (SSSR count). The summed E-state index contributed by atoms with van der Waals surface area (Å²) in [4.78, 5) is 12.1. The number of nitrogens with zero attached hydrogens (tertiary/aromatic N) is 1. The molecule has 0 aromatic heterocycles. The lowest BCUT2D eigenvalue weighted by Crippen LogP contribution is -2.36. The van der Waals surface area contributed by atoms with Crippen LogP contribution in [-0.2, 0) is 9.53 Å². The Balaban J connectivity index is 1.89. The predicted molar refractivity (Wildman–Crippen MR) is 35.6 cm³/mol. The second-order valence-electron chi connectivity index (χ2n) is 3.11. The third kappa shape index (κ3) is 0.904. The van der Waals surface area contributed by atoms with Gasteiger partial charge in [-0.2, -0.15) is 0 Å². The maximum atomic E-state index is 10.3. The van der Waals surface area contributed by atoms with Crippen LogP contribution in [0.2, 0.25) is 0 Å². The summed E-state index contributed by atoms with van der Waals surface area (Å²) in [5.74, 6) is 0. The van der Waals surface area contributed by atoms with Crippen molar-refractivity contribution in [2.45, 2.75) is 18.4 Å². The summed E-state index contributed by atoms with van der Waals surface area (Å²) in [6, 6.07) is 0. The second-order valence-corrected chi connectivity index (χ2v) is 3.11. The van der Waals surface area contributed by atoms with E-state index in [0.717, 1.165) is 38.9 Å². The van der Waals surface area contributed by atoms with Crippen LogP contribution in [0.25, 0.3) is 0 Å². The van der Waals surface area contributed by atoms with Crippen LogP contribution in [0.3, 0.4) is 0 Å². The van der Waals surface area contributed by atoms with E-state index in [1.54, 1.807) is 0 Å². The molecule has 3 heteroatoms. The molecule has 0 aliphatic carbocycles. The van der Waals surface area contributed by atoms with Gasteiger partial charge in [0.1, 0.15) is 0 Å². The first-order valence-electron chi connectivity index (χ1n) is 3.68. The van der Waals surface area contributed by atoms with Crippen molar-refractivity contribution in [1.82, 2.24) is 4.90 Å². The largest absolute Gasteiger partial charge is 0.369 e. The zero-order valence-corrected chi connectivity index (χ0v) is 5.88. The fourth-order valence-corrected chi connectivity index (χ4v) is 1.43. The van der Waals surface area contributed by atoms with Crippen molar-refractivity contribution >= 4 is 6.41 Å². The van der Waals surface area contributed by atoms with Crippen LogP contribution in [0.1, 0.15) is 12.8 Å². The molecule has 0 aromatic carbocycles. The zero-order valence-electron chi connectivity index (χ0n) is 5.88. The van der Waals surface area contributed by atoms with E-state index in [-0.39, 0.29) is 5.60 Å². The van der Waals surface area contributed by atoms with Gasteiger partial charge in [-0.25, -0.2) is 0 Å². The summed E-state index contributed by atoms with van der Waals surface area (Å²) < 4.78 is 5.29. The molecular weight excluding hydrogens is 130 g/mol. The number of rotatable bonds is 1. The summed E-state index contributed by atoms with van der Waals surface area (Å²) in [5, 5.41) is 0. The van der Waals surface area contributed by atoms with E-state index in [4.69, 9.17) is 4.74 Å². The average molecular weight is 141 g/mol. The van der Waals surface area contributed by atoms with E-state index in [2.05, 4.69) is 0 Å². The number of carbonyl (C=O) groups is 1. The standard InChI is InChI=1S/C7H11NO2/c9-6-8-3-1-7(2-4-8)5-10-7/h6H,1-5H2. The Kier molecular flexibility index (Phi) is 1.20. The fourth-order valence-electron chi connectivity index (χ4n) is 1.43. The van der Waals surface area contributed by atoms with Crippen molar-refractivity contribution < 1.29 is 9.53 Å². The number of hydrogen-bond donors (Lipinski definition) is 0. The van der Waals surface area contributed by atoms with Gasteiger partial charge in [0.15, 0.2) is 0 Å². The van der Waals surface area contributed by atoms with Crippen molar-refractivity contribution in [3.8, 4) is 0 Å². The Morgan fingerprint density at radius 3 is 2.40 bits per heavy atom. The number of hydrogen-bond acceptors (Lipinski definition) is 2. The third-order valence-electron chi connectivity index (χ3n) is 2.41. The molecule has 2 saturated heterocycles. The highest BCUT2D eigenvalue weighted by atomic mass is 16.6. The van der Waals surface area contributed by atoms with Crippen LogP contribution in [0.4, 0.5) is 0 Å². The molecular formula is C7H11NO2.